The van der Waals surface area contributed by atoms with E-state index in [1.54, 1.807) is 41.5 Å². The van der Waals surface area contributed by atoms with Gasteiger partial charge in [0.05, 0.1) is 26.2 Å². The molecule has 0 aromatic heterocycles. The van der Waals surface area contributed by atoms with Gasteiger partial charge in [-0.3, -0.25) is 18.7 Å². The van der Waals surface area contributed by atoms with Crippen molar-refractivity contribution in [3.8, 4) is 5.75 Å². The van der Waals surface area contributed by atoms with Gasteiger partial charge in [-0.05, 0) is 39.0 Å². The zero-order valence-electron chi connectivity index (χ0n) is 19.6. The van der Waals surface area contributed by atoms with Crippen molar-refractivity contribution < 1.29 is 42.1 Å². The second-order valence-electron chi connectivity index (χ2n) is 7.64. The summed E-state index contributed by atoms with van der Waals surface area (Å²) in [6, 6.07) is 4.43. The van der Waals surface area contributed by atoms with Gasteiger partial charge >= 0.3 is 19.5 Å². The minimum Gasteiger partial charge on any atom is -0.481 e. The van der Waals surface area contributed by atoms with Gasteiger partial charge in [0.1, 0.15) is 11.7 Å². The molecule has 0 aliphatic carbocycles. The van der Waals surface area contributed by atoms with Crippen LogP contribution in [0.5, 0.6) is 5.75 Å². The SMILES string of the molecule is CCOP(=O)(CP(=O)(OCC)c1ccc(OC(=O)CC)c(C(C)(C)CC(=O)O)c1)OCC. The molecule has 1 aromatic rings. The Morgan fingerprint density at radius 1 is 0.969 bits per heavy atom. The maximum absolute atomic E-state index is 13.9. The fourth-order valence-electron chi connectivity index (χ4n) is 3.16. The van der Waals surface area contributed by atoms with E-state index in [1.165, 1.54) is 18.2 Å². The zero-order chi connectivity index (χ0) is 24.6. The molecule has 0 spiro atoms. The highest BCUT2D eigenvalue weighted by Crippen LogP contribution is 2.63. The van der Waals surface area contributed by atoms with E-state index in [-0.39, 0.29) is 43.7 Å². The first-order valence-corrected chi connectivity index (χ1v) is 14.1. The molecule has 0 aliphatic rings. The Bertz CT molecular complexity index is 885. The fourth-order valence-corrected chi connectivity index (χ4v) is 8.67. The minimum absolute atomic E-state index is 0.0793. The van der Waals surface area contributed by atoms with Crippen LogP contribution in [0.2, 0.25) is 0 Å². The third-order valence-electron chi connectivity index (χ3n) is 4.54. The average molecular weight is 492 g/mol. The number of ether oxygens (including phenoxy) is 1. The molecule has 1 aromatic carbocycles. The number of carbonyl (C=O) groups is 2. The van der Waals surface area contributed by atoms with Crippen molar-refractivity contribution in [1.82, 2.24) is 0 Å². The molecule has 0 bridgehead atoms. The summed E-state index contributed by atoms with van der Waals surface area (Å²) in [5, 5.41) is 9.57. The number of carboxylic acid groups (broad SMARTS) is 1. The molecule has 9 nitrogen and oxygen atoms in total. The van der Waals surface area contributed by atoms with Gasteiger partial charge in [0.2, 0.25) is 7.37 Å². The first-order valence-electron chi connectivity index (χ1n) is 10.6. The molecular formula is C21H34O9P2. The lowest BCUT2D eigenvalue weighted by Gasteiger charge is -2.28. The normalized spacial score (nSPS) is 14.1. The van der Waals surface area contributed by atoms with E-state index < -0.39 is 38.2 Å². The van der Waals surface area contributed by atoms with Crippen LogP contribution in [0.3, 0.4) is 0 Å². The van der Waals surface area contributed by atoms with Crippen LogP contribution in [0.15, 0.2) is 18.2 Å². The zero-order valence-corrected chi connectivity index (χ0v) is 21.4. The van der Waals surface area contributed by atoms with E-state index in [1.807, 2.05) is 0 Å². The topological polar surface area (TPSA) is 125 Å². The first kappa shape index (κ1) is 28.5. The van der Waals surface area contributed by atoms with E-state index in [0.29, 0.717) is 5.56 Å². The van der Waals surface area contributed by atoms with Crippen LogP contribution in [0.1, 0.15) is 59.9 Å². The number of carboxylic acids is 1. The van der Waals surface area contributed by atoms with E-state index in [0.717, 1.165) is 0 Å². The number of hydrogen-bond acceptors (Lipinski definition) is 8. The maximum atomic E-state index is 13.9. The van der Waals surface area contributed by atoms with Crippen LogP contribution in [0.4, 0.5) is 0 Å². The maximum Gasteiger partial charge on any atom is 0.340 e. The van der Waals surface area contributed by atoms with Crippen molar-refractivity contribution in [3.05, 3.63) is 23.8 Å². The van der Waals surface area contributed by atoms with Gasteiger partial charge in [-0.1, -0.05) is 20.8 Å². The largest absolute Gasteiger partial charge is 0.481 e. The molecule has 1 rings (SSSR count). The standard InChI is InChI=1S/C21H34O9P2/c1-7-20(24)30-18-12-11-16(13-17(18)21(5,6)14-19(22)23)31(25,27-8-2)15-32(26,28-9-3)29-10-4/h11-13H,7-10,14-15H2,1-6H3,(H,22,23). The van der Waals surface area contributed by atoms with E-state index in [9.17, 15) is 23.8 Å². The van der Waals surface area contributed by atoms with Gasteiger partial charge in [0.25, 0.3) is 0 Å². The Labute approximate surface area is 189 Å². The van der Waals surface area contributed by atoms with Crippen LogP contribution < -0.4 is 10.0 Å². The molecule has 0 fully saturated rings. The Morgan fingerprint density at radius 3 is 2.00 bits per heavy atom. The lowest BCUT2D eigenvalue weighted by atomic mass is 9.81. The van der Waals surface area contributed by atoms with Crippen molar-refractivity contribution in [2.45, 2.75) is 59.8 Å². The van der Waals surface area contributed by atoms with Crippen molar-refractivity contribution in [2.75, 3.05) is 25.7 Å². The molecule has 32 heavy (non-hydrogen) atoms. The quantitative estimate of drug-likeness (QED) is 0.219. The molecule has 0 heterocycles. The summed E-state index contributed by atoms with van der Waals surface area (Å²) in [6.45, 7) is 10.3. The van der Waals surface area contributed by atoms with Crippen molar-refractivity contribution in [2.24, 2.45) is 0 Å². The first-order chi connectivity index (χ1) is 14.9. The Kier molecular flexibility index (Phi) is 10.8. The second kappa shape index (κ2) is 12.1. The van der Waals surface area contributed by atoms with Gasteiger partial charge in [0.15, 0.2) is 0 Å². The third kappa shape index (κ3) is 7.82. The monoisotopic (exact) mass is 492 g/mol. The summed E-state index contributed by atoms with van der Waals surface area (Å²) < 4.78 is 48.6. The molecule has 0 radical (unpaired) electrons. The number of esters is 1. The molecule has 0 saturated heterocycles. The van der Waals surface area contributed by atoms with Crippen LogP contribution in [0, 0.1) is 0 Å². The summed E-state index contributed by atoms with van der Waals surface area (Å²) >= 11 is 0. The summed E-state index contributed by atoms with van der Waals surface area (Å²) in [5.41, 5.74) is -0.590. The number of aliphatic carboxylic acids is 1. The van der Waals surface area contributed by atoms with Crippen molar-refractivity contribution >= 4 is 32.2 Å². The average Bonchev–Trinajstić information content (AvgIpc) is 2.67. The van der Waals surface area contributed by atoms with E-state index in [2.05, 4.69) is 0 Å². The van der Waals surface area contributed by atoms with Crippen molar-refractivity contribution in [1.29, 1.82) is 0 Å². The van der Waals surface area contributed by atoms with Gasteiger partial charge in [0, 0.05) is 22.7 Å². The highest BCUT2D eigenvalue weighted by atomic mass is 31.2. The second-order valence-corrected chi connectivity index (χ2v) is 12.6. The van der Waals surface area contributed by atoms with Gasteiger partial charge in [-0.2, -0.15) is 0 Å². The predicted octanol–water partition coefficient (Wildman–Crippen LogP) is 4.92. The van der Waals surface area contributed by atoms with E-state index in [4.69, 9.17) is 18.3 Å². The Morgan fingerprint density at radius 2 is 1.53 bits per heavy atom. The summed E-state index contributed by atoms with van der Waals surface area (Å²) in [5.74, 6) is -1.83. The van der Waals surface area contributed by atoms with Gasteiger partial charge in [-0.25, -0.2) is 0 Å². The summed E-state index contributed by atoms with van der Waals surface area (Å²) in [7, 11) is -7.47. The summed E-state index contributed by atoms with van der Waals surface area (Å²) in [4.78, 5) is 23.3. The molecule has 1 unspecified atom stereocenters. The van der Waals surface area contributed by atoms with Crippen molar-refractivity contribution in [3.63, 3.8) is 0 Å². The highest BCUT2D eigenvalue weighted by Gasteiger charge is 2.40. The number of hydrogen-bond donors (Lipinski definition) is 1. The number of carbonyl (C=O) groups excluding carboxylic acids is 1. The lowest BCUT2D eigenvalue weighted by Crippen LogP contribution is -2.25. The predicted molar refractivity (Wildman–Crippen MR) is 122 cm³/mol. The fraction of sp³-hybridized carbons (Fsp3) is 0.619. The van der Waals surface area contributed by atoms with Crippen LogP contribution in [-0.2, 0) is 37.7 Å². The highest BCUT2D eigenvalue weighted by molar-refractivity contribution is 7.78. The van der Waals surface area contributed by atoms with Gasteiger partial charge < -0.3 is 23.4 Å². The Balaban J connectivity index is 3.63. The van der Waals surface area contributed by atoms with Crippen LogP contribution in [0.25, 0.3) is 0 Å². The molecule has 0 saturated carbocycles. The third-order valence-corrected chi connectivity index (χ3v) is 10.5. The molecule has 11 heteroatoms. The molecule has 1 N–H and O–H groups in total. The minimum atomic E-state index is -3.75. The molecule has 1 atom stereocenters. The van der Waals surface area contributed by atoms with Crippen LogP contribution >= 0.6 is 15.0 Å². The van der Waals surface area contributed by atoms with E-state index >= 15 is 0 Å². The Hall–Kier alpha value is -1.50. The van der Waals surface area contributed by atoms with Gasteiger partial charge in [-0.15, -0.1) is 0 Å². The molecule has 0 aliphatic heterocycles. The molecule has 182 valence electrons. The molecular weight excluding hydrogens is 458 g/mol. The lowest BCUT2D eigenvalue weighted by molar-refractivity contribution is -0.138. The summed E-state index contributed by atoms with van der Waals surface area (Å²) in [6.07, 6.45) is -0.133. The number of benzene rings is 1. The molecule has 0 amide bonds. The van der Waals surface area contributed by atoms with Crippen LogP contribution in [-0.4, -0.2) is 42.8 Å². The number of rotatable bonds is 14. The smallest absolute Gasteiger partial charge is 0.340 e.